The molecule has 1 unspecified atom stereocenters. The number of halogens is 1. The van der Waals surface area contributed by atoms with Crippen LogP contribution in [-0.2, 0) is 6.54 Å². The predicted molar refractivity (Wildman–Crippen MR) is 88.3 cm³/mol. The zero-order chi connectivity index (χ0) is 16.3. The minimum absolute atomic E-state index is 0.167. The molecule has 2 aromatic rings. The summed E-state index contributed by atoms with van der Waals surface area (Å²) in [6.45, 7) is 6.62. The Morgan fingerprint density at radius 1 is 1.32 bits per heavy atom. The Morgan fingerprint density at radius 2 is 1.95 bits per heavy atom. The van der Waals surface area contributed by atoms with Crippen LogP contribution in [0.15, 0.2) is 30.3 Å². The minimum Gasteiger partial charge on any atom is -0.394 e. The zero-order valence-electron chi connectivity index (χ0n) is 13.1. The van der Waals surface area contributed by atoms with Crippen LogP contribution in [0.5, 0.6) is 0 Å². The summed E-state index contributed by atoms with van der Waals surface area (Å²) in [4.78, 5) is 12.5. The van der Waals surface area contributed by atoms with E-state index in [0.717, 1.165) is 23.5 Å². The highest BCUT2D eigenvalue weighted by Gasteiger charge is 2.19. The van der Waals surface area contributed by atoms with Crippen molar-refractivity contribution < 1.29 is 9.90 Å². The highest BCUT2D eigenvalue weighted by atomic mass is 35.5. The van der Waals surface area contributed by atoms with E-state index in [0.29, 0.717) is 10.6 Å². The van der Waals surface area contributed by atoms with E-state index in [2.05, 4.69) is 9.88 Å². The van der Waals surface area contributed by atoms with Crippen LogP contribution >= 0.6 is 11.6 Å². The Balaban J connectivity index is 2.21. The third-order valence-corrected chi connectivity index (χ3v) is 4.15. The Kier molecular flexibility index (Phi) is 5.27. The summed E-state index contributed by atoms with van der Waals surface area (Å²) in [7, 11) is 0. The average molecular weight is 321 g/mol. The number of aliphatic hydroxyl groups excluding tert-OH is 1. The fourth-order valence-corrected chi connectivity index (χ4v) is 2.81. The molecule has 2 N–H and O–H groups in total. The van der Waals surface area contributed by atoms with Gasteiger partial charge in [0.25, 0.3) is 5.91 Å². The fourth-order valence-electron chi connectivity index (χ4n) is 2.68. The van der Waals surface area contributed by atoms with Crippen molar-refractivity contribution in [1.29, 1.82) is 0 Å². The van der Waals surface area contributed by atoms with Gasteiger partial charge >= 0.3 is 0 Å². The Labute approximate surface area is 135 Å². The average Bonchev–Trinajstić information content (AvgIpc) is 2.80. The standard InChI is InChI=1S/C17H21ClN2O2/c1-4-20-11(2)9-15(12(20)3)17(22)19-16(10-21)13-5-7-14(18)8-6-13/h5-9,16,21H,4,10H2,1-3H3,(H,19,22). The molecule has 0 aliphatic rings. The van der Waals surface area contributed by atoms with Crippen molar-refractivity contribution >= 4 is 17.5 Å². The van der Waals surface area contributed by atoms with Crippen LogP contribution in [0.25, 0.3) is 0 Å². The minimum atomic E-state index is -0.450. The summed E-state index contributed by atoms with van der Waals surface area (Å²) in [6.07, 6.45) is 0. The van der Waals surface area contributed by atoms with Crippen LogP contribution in [0.2, 0.25) is 5.02 Å². The topological polar surface area (TPSA) is 54.3 Å². The first kappa shape index (κ1) is 16.6. The van der Waals surface area contributed by atoms with Crippen LogP contribution in [0.4, 0.5) is 0 Å². The molecule has 0 fully saturated rings. The van der Waals surface area contributed by atoms with Gasteiger partial charge in [-0.2, -0.15) is 0 Å². The monoisotopic (exact) mass is 320 g/mol. The lowest BCUT2D eigenvalue weighted by atomic mass is 10.1. The molecule has 1 heterocycles. The number of nitrogens with one attached hydrogen (secondary N) is 1. The van der Waals surface area contributed by atoms with Gasteiger partial charge in [-0.1, -0.05) is 23.7 Å². The number of rotatable bonds is 5. The van der Waals surface area contributed by atoms with Gasteiger partial charge in [0.1, 0.15) is 0 Å². The summed E-state index contributed by atoms with van der Waals surface area (Å²) < 4.78 is 2.09. The zero-order valence-corrected chi connectivity index (χ0v) is 13.8. The SMILES string of the molecule is CCn1c(C)cc(C(=O)NC(CO)c2ccc(Cl)cc2)c1C. The summed E-state index contributed by atoms with van der Waals surface area (Å²) in [6, 6.07) is 8.53. The first-order valence-corrected chi connectivity index (χ1v) is 7.69. The summed E-state index contributed by atoms with van der Waals surface area (Å²) in [5.74, 6) is -0.179. The van der Waals surface area contributed by atoms with Gasteiger partial charge in [-0.05, 0) is 44.5 Å². The van der Waals surface area contributed by atoms with E-state index in [9.17, 15) is 9.90 Å². The molecule has 1 amide bonds. The number of benzene rings is 1. The van der Waals surface area contributed by atoms with Gasteiger partial charge in [-0.15, -0.1) is 0 Å². The first-order valence-electron chi connectivity index (χ1n) is 7.31. The Hall–Kier alpha value is -1.78. The van der Waals surface area contributed by atoms with Crippen LogP contribution in [0.3, 0.4) is 0 Å². The Bertz CT molecular complexity index is 662. The maximum atomic E-state index is 12.5. The second-order valence-electron chi connectivity index (χ2n) is 5.29. The van der Waals surface area contributed by atoms with Crippen molar-refractivity contribution in [2.75, 3.05) is 6.61 Å². The lowest BCUT2D eigenvalue weighted by Crippen LogP contribution is -2.31. The molecule has 0 aliphatic heterocycles. The number of aryl methyl sites for hydroxylation is 1. The highest BCUT2D eigenvalue weighted by Crippen LogP contribution is 2.19. The van der Waals surface area contributed by atoms with Gasteiger partial charge in [-0.3, -0.25) is 4.79 Å². The van der Waals surface area contributed by atoms with Crippen molar-refractivity contribution in [3.8, 4) is 0 Å². The van der Waals surface area contributed by atoms with E-state index in [-0.39, 0.29) is 12.5 Å². The number of carbonyl (C=O) groups excluding carboxylic acids is 1. The number of hydrogen-bond donors (Lipinski definition) is 2. The molecule has 1 aromatic heterocycles. The highest BCUT2D eigenvalue weighted by molar-refractivity contribution is 6.30. The molecular weight excluding hydrogens is 300 g/mol. The van der Waals surface area contributed by atoms with Crippen molar-refractivity contribution in [2.45, 2.75) is 33.4 Å². The van der Waals surface area contributed by atoms with Gasteiger partial charge in [-0.25, -0.2) is 0 Å². The molecule has 0 radical (unpaired) electrons. The molecule has 2 rings (SSSR count). The van der Waals surface area contributed by atoms with Crippen LogP contribution in [0.1, 0.15) is 40.3 Å². The number of aromatic nitrogens is 1. The number of aliphatic hydroxyl groups is 1. The van der Waals surface area contributed by atoms with E-state index in [4.69, 9.17) is 11.6 Å². The lowest BCUT2D eigenvalue weighted by molar-refractivity contribution is 0.0915. The molecule has 1 atom stereocenters. The summed E-state index contributed by atoms with van der Waals surface area (Å²) in [5.41, 5.74) is 3.46. The summed E-state index contributed by atoms with van der Waals surface area (Å²) >= 11 is 5.87. The van der Waals surface area contributed by atoms with Gasteiger partial charge in [0.15, 0.2) is 0 Å². The van der Waals surface area contributed by atoms with Crippen LogP contribution < -0.4 is 5.32 Å². The number of hydrogen-bond acceptors (Lipinski definition) is 2. The molecule has 118 valence electrons. The van der Waals surface area contributed by atoms with Gasteiger partial charge in [0, 0.05) is 23.0 Å². The molecule has 1 aromatic carbocycles. The van der Waals surface area contributed by atoms with E-state index < -0.39 is 6.04 Å². The largest absolute Gasteiger partial charge is 0.394 e. The van der Waals surface area contributed by atoms with E-state index in [1.165, 1.54) is 0 Å². The third-order valence-electron chi connectivity index (χ3n) is 3.89. The molecule has 5 heteroatoms. The number of nitrogens with zero attached hydrogens (tertiary/aromatic N) is 1. The molecule has 0 saturated heterocycles. The fraction of sp³-hybridized carbons (Fsp3) is 0.353. The molecule has 0 aliphatic carbocycles. The van der Waals surface area contributed by atoms with Crippen molar-refractivity contribution in [2.24, 2.45) is 0 Å². The summed E-state index contributed by atoms with van der Waals surface area (Å²) in [5, 5.41) is 13.1. The van der Waals surface area contributed by atoms with Gasteiger partial charge < -0.3 is 15.0 Å². The molecule has 0 spiro atoms. The Morgan fingerprint density at radius 3 is 2.45 bits per heavy atom. The number of carbonyl (C=O) groups is 1. The maximum absolute atomic E-state index is 12.5. The molecule has 22 heavy (non-hydrogen) atoms. The normalized spacial score (nSPS) is 12.2. The quantitative estimate of drug-likeness (QED) is 0.888. The smallest absolute Gasteiger partial charge is 0.253 e. The maximum Gasteiger partial charge on any atom is 0.253 e. The molecule has 0 bridgehead atoms. The van der Waals surface area contributed by atoms with E-state index in [1.54, 1.807) is 24.3 Å². The second-order valence-corrected chi connectivity index (χ2v) is 5.73. The molecular formula is C17H21ClN2O2. The molecule has 0 saturated carbocycles. The predicted octanol–water partition coefficient (Wildman–Crippen LogP) is 3.24. The van der Waals surface area contributed by atoms with Crippen LogP contribution in [0, 0.1) is 13.8 Å². The van der Waals surface area contributed by atoms with E-state index in [1.807, 2.05) is 26.8 Å². The van der Waals surface area contributed by atoms with E-state index >= 15 is 0 Å². The first-order chi connectivity index (χ1) is 10.5. The second kappa shape index (κ2) is 6.99. The van der Waals surface area contributed by atoms with Crippen molar-refractivity contribution in [1.82, 2.24) is 9.88 Å². The van der Waals surface area contributed by atoms with Gasteiger partial charge in [0.2, 0.25) is 0 Å². The lowest BCUT2D eigenvalue weighted by Gasteiger charge is -2.17. The molecule has 4 nitrogen and oxygen atoms in total. The third kappa shape index (κ3) is 3.34. The van der Waals surface area contributed by atoms with Crippen molar-refractivity contribution in [3.05, 3.63) is 57.9 Å². The van der Waals surface area contributed by atoms with Crippen LogP contribution in [-0.4, -0.2) is 22.2 Å². The van der Waals surface area contributed by atoms with Gasteiger partial charge in [0.05, 0.1) is 18.2 Å². The van der Waals surface area contributed by atoms with Crippen molar-refractivity contribution in [3.63, 3.8) is 0 Å². The number of amides is 1.